The Morgan fingerprint density at radius 3 is 2.62 bits per heavy atom. The largest absolute Gasteiger partial charge is 0.369 e. The number of benzene rings is 2. The number of carbonyl (C=O) groups is 2. The monoisotopic (exact) mass is 404 g/mol. The Kier molecular flexibility index (Phi) is 5.39. The van der Waals surface area contributed by atoms with Crippen molar-refractivity contribution in [3.05, 3.63) is 83.6 Å². The van der Waals surface area contributed by atoms with Crippen LogP contribution in [0.2, 0.25) is 0 Å². The highest BCUT2D eigenvalue weighted by molar-refractivity contribution is 7.13. The average Bonchev–Trinajstić information content (AvgIpc) is 3.38. The van der Waals surface area contributed by atoms with Crippen molar-refractivity contribution in [2.75, 3.05) is 5.32 Å². The number of nitrogens with two attached hydrogens (primary N) is 1. The smallest absolute Gasteiger partial charge is 0.228 e. The lowest BCUT2D eigenvalue weighted by Crippen LogP contribution is -2.20. The summed E-state index contributed by atoms with van der Waals surface area (Å²) in [6, 6.07) is 18.1. The number of anilines is 1. The maximum absolute atomic E-state index is 12.8. The first kappa shape index (κ1) is 18.9. The zero-order valence-electron chi connectivity index (χ0n) is 15.6. The van der Waals surface area contributed by atoms with Gasteiger partial charge in [-0.1, -0.05) is 42.5 Å². The van der Waals surface area contributed by atoms with Crippen LogP contribution in [-0.4, -0.2) is 21.4 Å². The fourth-order valence-corrected chi connectivity index (χ4v) is 4.17. The lowest BCUT2D eigenvalue weighted by Gasteiger charge is -2.21. The predicted molar refractivity (Wildman–Crippen MR) is 115 cm³/mol. The predicted octanol–water partition coefficient (Wildman–Crippen LogP) is 3.74. The average molecular weight is 404 g/mol. The molecule has 0 bridgehead atoms. The number of rotatable bonds is 7. The molecule has 0 aliphatic rings. The summed E-state index contributed by atoms with van der Waals surface area (Å²) in [4.78, 5) is 28.1. The minimum atomic E-state index is -0.447. The molecule has 0 aliphatic heterocycles. The SMILES string of the molecule is NC(=O)Cc1csc(NC(=O)C[C@H](c2cccc3ccccc23)n2cccc2)n1. The number of hydrogen-bond acceptors (Lipinski definition) is 4. The van der Waals surface area contributed by atoms with Crippen molar-refractivity contribution in [1.29, 1.82) is 0 Å². The first-order valence-electron chi connectivity index (χ1n) is 9.23. The number of primary amides is 1. The molecular formula is C22H20N4O2S. The Morgan fingerprint density at radius 2 is 1.83 bits per heavy atom. The van der Waals surface area contributed by atoms with Gasteiger partial charge < -0.3 is 15.6 Å². The molecule has 2 aromatic carbocycles. The molecule has 0 aliphatic carbocycles. The minimum absolute atomic E-state index is 0.0639. The van der Waals surface area contributed by atoms with Crippen molar-refractivity contribution in [2.45, 2.75) is 18.9 Å². The third kappa shape index (κ3) is 4.35. The van der Waals surface area contributed by atoms with Crippen LogP contribution < -0.4 is 11.1 Å². The molecule has 3 N–H and O–H groups in total. The van der Waals surface area contributed by atoms with Crippen molar-refractivity contribution in [3.8, 4) is 0 Å². The molecule has 146 valence electrons. The topological polar surface area (TPSA) is 90.0 Å². The number of hydrogen-bond donors (Lipinski definition) is 2. The second-order valence-corrected chi connectivity index (χ2v) is 7.61. The van der Waals surface area contributed by atoms with Crippen LogP contribution in [0.4, 0.5) is 5.13 Å². The third-order valence-corrected chi connectivity index (χ3v) is 5.51. The molecule has 4 aromatic rings. The lowest BCUT2D eigenvalue weighted by atomic mass is 9.96. The van der Waals surface area contributed by atoms with Gasteiger partial charge in [-0.15, -0.1) is 11.3 Å². The van der Waals surface area contributed by atoms with Crippen LogP contribution in [-0.2, 0) is 16.0 Å². The maximum atomic E-state index is 12.8. The zero-order chi connectivity index (χ0) is 20.2. The van der Waals surface area contributed by atoms with Crippen LogP contribution in [0.25, 0.3) is 10.8 Å². The standard InChI is InChI=1S/C22H20N4O2S/c23-20(27)12-16-14-29-22(24-16)25-21(28)13-19(26-10-3-4-11-26)18-9-5-7-15-6-1-2-8-17(15)18/h1-11,14,19H,12-13H2,(H2,23,27)(H,24,25,28)/t19-/m1/s1. The molecule has 0 saturated carbocycles. The Morgan fingerprint density at radius 1 is 1.07 bits per heavy atom. The zero-order valence-corrected chi connectivity index (χ0v) is 16.4. The van der Waals surface area contributed by atoms with E-state index in [0.717, 1.165) is 16.3 Å². The third-order valence-electron chi connectivity index (χ3n) is 4.70. The molecule has 0 radical (unpaired) electrons. The summed E-state index contributed by atoms with van der Waals surface area (Å²) in [5.41, 5.74) is 6.85. The summed E-state index contributed by atoms with van der Waals surface area (Å²) in [6.07, 6.45) is 4.25. The van der Waals surface area contributed by atoms with Gasteiger partial charge in [-0.05, 0) is 28.5 Å². The summed E-state index contributed by atoms with van der Waals surface area (Å²) >= 11 is 1.29. The lowest BCUT2D eigenvalue weighted by molar-refractivity contribution is -0.117. The number of fused-ring (bicyclic) bond motifs is 1. The van der Waals surface area contributed by atoms with Crippen LogP contribution in [0.5, 0.6) is 0 Å². The molecule has 4 rings (SSSR count). The summed E-state index contributed by atoms with van der Waals surface area (Å²) in [5, 5.41) is 7.31. The second-order valence-electron chi connectivity index (χ2n) is 6.75. The van der Waals surface area contributed by atoms with Gasteiger partial charge in [0.25, 0.3) is 0 Å². The highest BCUT2D eigenvalue weighted by Gasteiger charge is 2.20. The van der Waals surface area contributed by atoms with Crippen LogP contribution in [0, 0.1) is 0 Å². The van der Waals surface area contributed by atoms with E-state index in [9.17, 15) is 9.59 Å². The first-order valence-corrected chi connectivity index (χ1v) is 10.1. The van der Waals surface area contributed by atoms with Crippen LogP contribution in [0.15, 0.2) is 72.4 Å². The molecule has 0 fully saturated rings. The summed E-state index contributed by atoms with van der Waals surface area (Å²) in [5.74, 6) is -0.589. The van der Waals surface area contributed by atoms with E-state index in [1.165, 1.54) is 11.3 Å². The fraction of sp³-hybridized carbons (Fsp3) is 0.136. The van der Waals surface area contributed by atoms with E-state index in [1.54, 1.807) is 5.38 Å². The molecule has 2 amide bonds. The number of nitrogens with zero attached hydrogens (tertiary/aromatic N) is 2. The molecule has 2 heterocycles. The Hall–Kier alpha value is -3.45. The van der Waals surface area contributed by atoms with E-state index < -0.39 is 5.91 Å². The molecule has 0 saturated heterocycles. The Labute approximate surface area is 172 Å². The van der Waals surface area contributed by atoms with Gasteiger partial charge in [0.15, 0.2) is 5.13 Å². The molecule has 29 heavy (non-hydrogen) atoms. The van der Waals surface area contributed by atoms with E-state index >= 15 is 0 Å². The number of aromatic nitrogens is 2. The maximum Gasteiger partial charge on any atom is 0.228 e. The van der Waals surface area contributed by atoms with Gasteiger partial charge >= 0.3 is 0 Å². The Bertz CT molecular complexity index is 1150. The van der Waals surface area contributed by atoms with Crippen molar-refractivity contribution >= 4 is 39.1 Å². The molecule has 6 nitrogen and oxygen atoms in total. The molecule has 0 unspecified atom stereocenters. The van der Waals surface area contributed by atoms with Crippen molar-refractivity contribution in [3.63, 3.8) is 0 Å². The van der Waals surface area contributed by atoms with Gasteiger partial charge in [0.05, 0.1) is 24.6 Å². The van der Waals surface area contributed by atoms with Crippen molar-refractivity contribution < 1.29 is 9.59 Å². The number of carbonyl (C=O) groups excluding carboxylic acids is 2. The molecular weight excluding hydrogens is 384 g/mol. The van der Waals surface area contributed by atoms with Gasteiger partial charge in [0.2, 0.25) is 11.8 Å². The fourth-order valence-electron chi connectivity index (χ4n) is 3.44. The minimum Gasteiger partial charge on any atom is -0.369 e. The quantitative estimate of drug-likeness (QED) is 0.492. The summed E-state index contributed by atoms with van der Waals surface area (Å²) < 4.78 is 2.04. The summed E-state index contributed by atoms with van der Waals surface area (Å²) in [7, 11) is 0. The van der Waals surface area contributed by atoms with E-state index in [1.807, 2.05) is 47.3 Å². The number of thiazole rings is 1. The van der Waals surface area contributed by atoms with Gasteiger partial charge in [0.1, 0.15) is 0 Å². The summed E-state index contributed by atoms with van der Waals surface area (Å²) in [6.45, 7) is 0. The van der Waals surface area contributed by atoms with Crippen molar-refractivity contribution in [1.82, 2.24) is 9.55 Å². The van der Waals surface area contributed by atoms with E-state index in [-0.39, 0.29) is 24.8 Å². The van der Waals surface area contributed by atoms with E-state index in [4.69, 9.17) is 5.73 Å². The Balaban J connectivity index is 1.59. The molecule has 0 spiro atoms. The molecule has 7 heteroatoms. The van der Waals surface area contributed by atoms with Crippen LogP contribution in [0.1, 0.15) is 23.7 Å². The number of nitrogens with one attached hydrogen (secondary N) is 1. The van der Waals surface area contributed by atoms with Gasteiger partial charge in [-0.25, -0.2) is 4.98 Å². The highest BCUT2D eigenvalue weighted by atomic mass is 32.1. The van der Waals surface area contributed by atoms with E-state index in [0.29, 0.717) is 10.8 Å². The van der Waals surface area contributed by atoms with Crippen molar-refractivity contribution in [2.24, 2.45) is 5.73 Å². The second kappa shape index (κ2) is 8.28. The van der Waals surface area contributed by atoms with Crippen LogP contribution in [0.3, 0.4) is 0 Å². The first-order chi connectivity index (χ1) is 14.1. The molecule has 2 aromatic heterocycles. The van der Waals surface area contributed by atoms with Crippen LogP contribution >= 0.6 is 11.3 Å². The van der Waals surface area contributed by atoms with Gasteiger partial charge in [-0.3, -0.25) is 9.59 Å². The highest BCUT2D eigenvalue weighted by Crippen LogP contribution is 2.30. The number of amides is 2. The van der Waals surface area contributed by atoms with Gasteiger partial charge in [0, 0.05) is 17.8 Å². The molecule has 1 atom stereocenters. The van der Waals surface area contributed by atoms with Gasteiger partial charge in [-0.2, -0.15) is 0 Å². The normalized spacial score (nSPS) is 12.0. The van der Waals surface area contributed by atoms with E-state index in [2.05, 4.69) is 34.6 Å².